The minimum atomic E-state index is -0.442. The molecule has 1 heterocycles. The van der Waals surface area contributed by atoms with E-state index in [0.717, 1.165) is 24.2 Å². The molecular formula is C15H17N3O3. The quantitative estimate of drug-likeness (QED) is 0.652. The van der Waals surface area contributed by atoms with E-state index in [1.54, 1.807) is 18.3 Å². The van der Waals surface area contributed by atoms with Gasteiger partial charge >= 0.3 is 0 Å². The van der Waals surface area contributed by atoms with Gasteiger partial charge in [-0.2, -0.15) is 0 Å². The predicted molar refractivity (Wildman–Crippen MR) is 79.5 cm³/mol. The number of non-ortho nitro benzene ring substituents is 1. The molecule has 0 aliphatic rings. The molecule has 1 aromatic carbocycles. The first kappa shape index (κ1) is 14.9. The molecule has 0 fully saturated rings. The molecule has 0 radical (unpaired) electrons. The molecule has 6 heteroatoms. The van der Waals surface area contributed by atoms with Crippen LogP contribution in [0.2, 0.25) is 0 Å². The van der Waals surface area contributed by atoms with Crippen molar-refractivity contribution in [3.8, 4) is 11.6 Å². The molecular weight excluding hydrogens is 270 g/mol. The molecule has 0 saturated heterocycles. The number of rotatable bonds is 6. The zero-order valence-corrected chi connectivity index (χ0v) is 12.0. The third kappa shape index (κ3) is 4.00. The Hall–Kier alpha value is -2.47. The van der Waals surface area contributed by atoms with Crippen molar-refractivity contribution in [3.05, 3.63) is 57.8 Å². The van der Waals surface area contributed by atoms with Crippen LogP contribution >= 0.6 is 0 Å². The highest BCUT2D eigenvalue weighted by atomic mass is 16.6. The van der Waals surface area contributed by atoms with Crippen LogP contribution in [0.25, 0.3) is 0 Å². The Morgan fingerprint density at radius 1 is 1.33 bits per heavy atom. The van der Waals surface area contributed by atoms with E-state index < -0.39 is 4.92 Å². The number of aromatic nitrogens is 1. The molecule has 1 aromatic heterocycles. The maximum absolute atomic E-state index is 10.6. The fourth-order valence-corrected chi connectivity index (χ4v) is 1.84. The average Bonchev–Trinajstić information content (AvgIpc) is 2.48. The number of pyridine rings is 1. The highest BCUT2D eigenvalue weighted by molar-refractivity contribution is 5.39. The number of nitrogens with one attached hydrogen (secondary N) is 1. The van der Waals surface area contributed by atoms with E-state index in [0.29, 0.717) is 11.6 Å². The van der Waals surface area contributed by atoms with Crippen molar-refractivity contribution in [3.63, 3.8) is 0 Å². The van der Waals surface area contributed by atoms with Crippen LogP contribution in [0.15, 0.2) is 36.5 Å². The van der Waals surface area contributed by atoms with E-state index in [1.807, 2.05) is 19.9 Å². The third-order valence-corrected chi connectivity index (χ3v) is 2.93. The van der Waals surface area contributed by atoms with Crippen molar-refractivity contribution < 1.29 is 9.66 Å². The van der Waals surface area contributed by atoms with Gasteiger partial charge in [-0.15, -0.1) is 0 Å². The van der Waals surface area contributed by atoms with Gasteiger partial charge in [-0.25, -0.2) is 4.98 Å². The zero-order chi connectivity index (χ0) is 15.2. The van der Waals surface area contributed by atoms with Gasteiger partial charge in [0, 0.05) is 30.4 Å². The first-order valence-corrected chi connectivity index (χ1v) is 6.68. The molecule has 0 atom stereocenters. The maximum Gasteiger partial charge on any atom is 0.269 e. The SMILES string of the molecule is CCNCc1cnc(Oc2ccc([N+](=O)[O-])cc2)c(C)c1. The van der Waals surface area contributed by atoms with Crippen molar-refractivity contribution in [2.45, 2.75) is 20.4 Å². The topological polar surface area (TPSA) is 77.3 Å². The second-order valence-electron chi connectivity index (χ2n) is 4.60. The van der Waals surface area contributed by atoms with E-state index in [2.05, 4.69) is 10.3 Å². The molecule has 2 rings (SSSR count). The lowest BCUT2D eigenvalue weighted by atomic mass is 10.2. The zero-order valence-electron chi connectivity index (χ0n) is 12.0. The highest BCUT2D eigenvalue weighted by Crippen LogP contribution is 2.25. The summed E-state index contributed by atoms with van der Waals surface area (Å²) in [4.78, 5) is 14.4. The summed E-state index contributed by atoms with van der Waals surface area (Å²) in [5.74, 6) is 1.03. The van der Waals surface area contributed by atoms with Gasteiger partial charge in [-0.1, -0.05) is 6.92 Å². The summed E-state index contributed by atoms with van der Waals surface area (Å²) in [5.41, 5.74) is 2.04. The molecule has 110 valence electrons. The van der Waals surface area contributed by atoms with Crippen LogP contribution in [0.5, 0.6) is 11.6 Å². The summed E-state index contributed by atoms with van der Waals surface area (Å²) in [7, 11) is 0. The number of nitro groups is 1. The molecule has 0 amide bonds. The minimum absolute atomic E-state index is 0.0352. The fraction of sp³-hybridized carbons (Fsp3) is 0.267. The van der Waals surface area contributed by atoms with Gasteiger partial charge in [0.05, 0.1) is 4.92 Å². The molecule has 0 spiro atoms. The van der Waals surface area contributed by atoms with Gasteiger partial charge in [-0.3, -0.25) is 10.1 Å². The predicted octanol–water partition coefficient (Wildman–Crippen LogP) is 3.20. The Bertz CT molecular complexity index is 627. The summed E-state index contributed by atoms with van der Waals surface area (Å²) in [6.07, 6.45) is 1.76. The maximum atomic E-state index is 10.6. The van der Waals surface area contributed by atoms with Crippen molar-refractivity contribution in [2.24, 2.45) is 0 Å². The van der Waals surface area contributed by atoms with E-state index in [4.69, 9.17) is 4.74 Å². The van der Waals surface area contributed by atoms with Crippen molar-refractivity contribution in [1.82, 2.24) is 10.3 Å². The molecule has 0 bridgehead atoms. The molecule has 2 aromatic rings. The van der Waals surface area contributed by atoms with Crippen molar-refractivity contribution in [1.29, 1.82) is 0 Å². The van der Waals surface area contributed by atoms with Crippen LogP contribution in [0.1, 0.15) is 18.1 Å². The molecule has 0 unspecified atom stereocenters. The van der Waals surface area contributed by atoms with Crippen LogP contribution in [0.3, 0.4) is 0 Å². The van der Waals surface area contributed by atoms with E-state index >= 15 is 0 Å². The van der Waals surface area contributed by atoms with E-state index in [1.165, 1.54) is 12.1 Å². The standard InChI is InChI=1S/C15H17N3O3/c1-3-16-9-12-8-11(2)15(17-10-12)21-14-6-4-13(5-7-14)18(19)20/h4-8,10,16H,3,9H2,1-2H3. The van der Waals surface area contributed by atoms with E-state index in [9.17, 15) is 10.1 Å². The first-order valence-electron chi connectivity index (χ1n) is 6.68. The summed E-state index contributed by atoms with van der Waals surface area (Å²) in [6.45, 7) is 5.64. The molecule has 1 N–H and O–H groups in total. The lowest BCUT2D eigenvalue weighted by molar-refractivity contribution is -0.384. The van der Waals surface area contributed by atoms with Crippen molar-refractivity contribution >= 4 is 5.69 Å². The number of benzene rings is 1. The van der Waals surface area contributed by atoms with Crippen LogP contribution in [-0.4, -0.2) is 16.5 Å². The largest absolute Gasteiger partial charge is 0.439 e. The molecule has 0 aliphatic carbocycles. The molecule has 21 heavy (non-hydrogen) atoms. The van der Waals surface area contributed by atoms with Gasteiger partial charge in [-0.05, 0) is 37.2 Å². The Balaban J connectivity index is 2.10. The number of hydrogen-bond acceptors (Lipinski definition) is 5. The summed E-state index contributed by atoms with van der Waals surface area (Å²) >= 11 is 0. The number of ether oxygens (including phenoxy) is 1. The lowest BCUT2D eigenvalue weighted by Gasteiger charge is -2.09. The Kier molecular flexibility index (Phi) is 4.84. The Morgan fingerprint density at radius 3 is 2.62 bits per heavy atom. The highest BCUT2D eigenvalue weighted by Gasteiger charge is 2.07. The third-order valence-electron chi connectivity index (χ3n) is 2.93. The number of aryl methyl sites for hydroxylation is 1. The summed E-state index contributed by atoms with van der Waals surface area (Å²) in [6, 6.07) is 7.95. The molecule has 0 saturated carbocycles. The van der Waals surface area contributed by atoms with Gasteiger partial charge < -0.3 is 10.1 Å². The average molecular weight is 287 g/mol. The monoisotopic (exact) mass is 287 g/mol. The van der Waals surface area contributed by atoms with Crippen LogP contribution in [0, 0.1) is 17.0 Å². The van der Waals surface area contributed by atoms with Gasteiger partial charge in [0.25, 0.3) is 5.69 Å². The fourth-order valence-electron chi connectivity index (χ4n) is 1.84. The van der Waals surface area contributed by atoms with E-state index in [-0.39, 0.29) is 5.69 Å². The van der Waals surface area contributed by atoms with Gasteiger partial charge in [0.2, 0.25) is 5.88 Å². The number of nitro benzene ring substituents is 1. The van der Waals surface area contributed by atoms with Crippen LogP contribution in [-0.2, 0) is 6.54 Å². The minimum Gasteiger partial charge on any atom is -0.439 e. The van der Waals surface area contributed by atoms with Crippen LogP contribution in [0.4, 0.5) is 5.69 Å². The number of hydrogen-bond donors (Lipinski definition) is 1. The Morgan fingerprint density at radius 2 is 2.05 bits per heavy atom. The van der Waals surface area contributed by atoms with Gasteiger partial charge in [0.1, 0.15) is 5.75 Å². The molecule has 6 nitrogen and oxygen atoms in total. The van der Waals surface area contributed by atoms with Crippen molar-refractivity contribution in [2.75, 3.05) is 6.54 Å². The first-order chi connectivity index (χ1) is 10.1. The summed E-state index contributed by atoms with van der Waals surface area (Å²) in [5, 5.41) is 13.8. The molecule has 0 aliphatic heterocycles. The second-order valence-corrected chi connectivity index (χ2v) is 4.60. The van der Waals surface area contributed by atoms with Gasteiger partial charge in [0.15, 0.2) is 0 Å². The smallest absolute Gasteiger partial charge is 0.269 e. The number of nitrogens with zero attached hydrogens (tertiary/aromatic N) is 2. The Labute approximate surface area is 122 Å². The summed E-state index contributed by atoms with van der Waals surface area (Å²) < 4.78 is 5.65. The van der Waals surface area contributed by atoms with Crippen LogP contribution < -0.4 is 10.1 Å². The second kappa shape index (κ2) is 6.81. The lowest BCUT2D eigenvalue weighted by Crippen LogP contribution is -2.12. The normalized spacial score (nSPS) is 10.4.